The maximum Gasteiger partial charge on any atom is 0.132 e. The fourth-order valence-electron chi connectivity index (χ4n) is 2.76. The first kappa shape index (κ1) is 13.5. The van der Waals surface area contributed by atoms with Crippen LogP contribution in [0.1, 0.15) is 42.2 Å². The molecule has 1 aliphatic heterocycles. The van der Waals surface area contributed by atoms with Crippen LogP contribution in [0, 0.1) is 6.92 Å². The fourth-order valence-corrected chi connectivity index (χ4v) is 3.52. The van der Waals surface area contributed by atoms with Gasteiger partial charge in [0.1, 0.15) is 11.6 Å². The minimum absolute atomic E-state index is 0.545. The molecule has 4 nitrogen and oxygen atoms in total. The molecular weight excluding hydrogens is 268 g/mol. The van der Waals surface area contributed by atoms with E-state index >= 15 is 0 Å². The highest BCUT2D eigenvalue weighted by atomic mass is 32.1. The Labute approximate surface area is 123 Å². The van der Waals surface area contributed by atoms with Crippen molar-refractivity contribution in [1.82, 2.24) is 15.0 Å². The Morgan fingerprint density at radius 2 is 2.30 bits per heavy atom. The number of thiazole rings is 1. The van der Waals surface area contributed by atoms with E-state index in [1.165, 1.54) is 17.8 Å². The van der Waals surface area contributed by atoms with Crippen LogP contribution in [0.3, 0.4) is 0 Å². The predicted octanol–water partition coefficient (Wildman–Crippen LogP) is 3.19. The second-order valence-corrected chi connectivity index (χ2v) is 6.22. The van der Waals surface area contributed by atoms with Crippen molar-refractivity contribution in [1.29, 1.82) is 0 Å². The first-order valence-corrected chi connectivity index (χ1v) is 8.13. The molecule has 0 amide bonds. The van der Waals surface area contributed by atoms with E-state index in [4.69, 9.17) is 0 Å². The minimum atomic E-state index is 0.545. The van der Waals surface area contributed by atoms with E-state index in [9.17, 15) is 0 Å². The van der Waals surface area contributed by atoms with Crippen molar-refractivity contribution in [3.05, 3.63) is 34.2 Å². The zero-order valence-corrected chi connectivity index (χ0v) is 12.9. The van der Waals surface area contributed by atoms with Crippen LogP contribution in [-0.4, -0.2) is 28.0 Å². The third kappa shape index (κ3) is 2.82. The van der Waals surface area contributed by atoms with Crippen LogP contribution in [-0.2, 0) is 6.42 Å². The molecule has 0 bridgehead atoms. The summed E-state index contributed by atoms with van der Waals surface area (Å²) >= 11 is 1.77. The molecule has 1 aliphatic rings. The molecule has 5 heteroatoms. The normalized spacial score (nSPS) is 19.3. The molecule has 3 heterocycles. The number of hydrogen-bond donors (Lipinski definition) is 0. The van der Waals surface area contributed by atoms with Gasteiger partial charge in [0, 0.05) is 48.8 Å². The molecule has 20 heavy (non-hydrogen) atoms. The van der Waals surface area contributed by atoms with Crippen LogP contribution in [0.15, 0.2) is 17.6 Å². The Morgan fingerprint density at radius 3 is 3.05 bits per heavy atom. The van der Waals surface area contributed by atoms with Crippen LogP contribution in [0.4, 0.5) is 5.82 Å². The topological polar surface area (TPSA) is 41.9 Å². The summed E-state index contributed by atoms with van der Waals surface area (Å²) < 4.78 is 0. The lowest BCUT2D eigenvalue weighted by Crippen LogP contribution is -2.35. The van der Waals surface area contributed by atoms with Gasteiger partial charge in [-0.2, -0.15) is 0 Å². The van der Waals surface area contributed by atoms with Gasteiger partial charge in [-0.3, -0.25) is 0 Å². The molecule has 1 saturated heterocycles. The number of hydrogen-bond acceptors (Lipinski definition) is 5. The van der Waals surface area contributed by atoms with E-state index in [0.717, 1.165) is 36.8 Å². The van der Waals surface area contributed by atoms with Gasteiger partial charge in [-0.05, 0) is 19.8 Å². The van der Waals surface area contributed by atoms with Gasteiger partial charge in [-0.25, -0.2) is 15.0 Å². The molecule has 1 fully saturated rings. The van der Waals surface area contributed by atoms with Crippen molar-refractivity contribution in [3.8, 4) is 0 Å². The van der Waals surface area contributed by atoms with Crippen LogP contribution in [0.2, 0.25) is 0 Å². The third-order valence-corrected chi connectivity index (χ3v) is 4.69. The van der Waals surface area contributed by atoms with Crippen molar-refractivity contribution < 1.29 is 0 Å². The van der Waals surface area contributed by atoms with Crippen LogP contribution in [0.25, 0.3) is 0 Å². The van der Waals surface area contributed by atoms with Crippen molar-refractivity contribution in [2.24, 2.45) is 0 Å². The summed E-state index contributed by atoms with van der Waals surface area (Å²) in [6.45, 7) is 6.26. The zero-order valence-electron chi connectivity index (χ0n) is 12.0. The second-order valence-electron chi connectivity index (χ2n) is 5.29. The summed E-state index contributed by atoms with van der Waals surface area (Å²) in [7, 11) is 0. The summed E-state index contributed by atoms with van der Waals surface area (Å²) in [6, 6.07) is 2.10. The maximum absolute atomic E-state index is 4.69. The number of piperidine rings is 1. The largest absolute Gasteiger partial charge is 0.356 e. The van der Waals surface area contributed by atoms with Gasteiger partial charge in [0.15, 0.2) is 0 Å². The van der Waals surface area contributed by atoms with Crippen molar-refractivity contribution in [3.63, 3.8) is 0 Å². The molecule has 3 rings (SSSR count). The average Bonchev–Trinajstić information content (AvgIpc) is 3.01. The van der Waals surface area contributed by atoms with Crippen LogP contribution < -0.4 is 4.90 Å². The Kier molecular flexibility index (Phi) is 3.96. The summed E-state index contributed by atoms with van der Waals surface area (Å²) in [5.41, 5.74) is 1.06. The van der Waals surface area contributed by atoms with Gasteiger partial charge < -0.3 is 4.90 Å². The van der Waals surface area contributed by atoms with E-state index in [1.807, 2.05) is 13.1 Å². The van der Waals surface area contributed by atoms with E-state index in [-0.39, 0.29) is 0 Å². The van der Waals surface area contributed by atoms with Gasteiger partial charge in [-0.15, -0.1) is 11.3 Å². The lowest BCUT2D eigenvalue weighted by molar-refractivity contribution is 0.504. The van der Waals surface area contributed by atoms with Gasteiger partial charge in [0.05, 0.1) is 5.01 Å². The molecule has 0 aromatic carbocycles. The number of aromatic nitrogens is 3. The molecule has 0 radical (unpaired) electrons. The Morgan fingerprint density at radius 1 is 1.40 bits per heavy atom. The highest BCUT2D eigenvalue weighted by Gasteiger charge is 2.24. The molecule has 2 aromatic heterocycles. The molecule has 0 aliphatic carbocycles. The van der Waals surface area contributed by atoms with Crippen molar-refractivity contribution >= 4 is 17.2 Å². The summed E-state index contributed by atoms with van der Waals surface area (Å²) in [5.74, 6) is 2.57. The SMILES string of the molecule is CCc1nc(C)cc(N2CCC[C@H](c3nccs3)C2)n1. The van der Waals surface area contributed by atoms with E-state index < -0.39 is 0 Å². The number of nitrogens with zero attached hydrogens (tertiary/aromatic N) is 4. The molecule has 1 atom stereocenters. The predicted molar refractivity (Wildman–Crippen MR) is 82.4 cm³/mol. The summed E-state index contributed by atoms with van der Waals surface area (Å²) in [5, 5.41) is 3.33. The number of aryl methyl sites for hydroxylation is 2. The summed E-state index contributed by atoms with van der Waals surface area (Å²) in [4.78, 5) is 16.0. The Hall–Kier alpha value is -1.49. The Balaban J connectivity index is 1.81. The third-order valence-electron chi connectivity index (χ3n) is 3.75. The highest BCUT2D eigenvalue weighted by molar-refractivity contribution is 7.09. The first-order valence-electron chi connectivity index (χ1n) is 7.25. The van der Waals surface area contributed by atoms with E-state index in [0.29, 0.717) is 5.92 Å². The Bertz CT molecular complexity index is 567. The molecule has 2 aromatic rings. The lowest BCUT2D eigenvalue weighted by atomic mass is 9.99. The van der Waals surface area contributed by atoms with Crippen molar-refractivity contribution in [2.75, 3.05) is 18.0 Å². The maximum atomic E-state index is 4.69. The minimum Gasteiger partial charge on any atom is -0.356 e. The molecule has 0 unspecified atom stereocenters. The zero-order chi connectivity index (χ0) is 13.9. The van der Waals surface area contributed by atoms with Crippen LogP contribution >= 0.6 is 11.3 Å². The quantitative estimate of drug-likeness (QED) is 0.870. The van der Waals surface area contributed by atoms with Crippen molar-refractivity contribution in [2.45, 2.75) is 39.0 Å². The average molecular weight is 288 g/mol. The van der Waals surface area contributed by atoms with E-state index in [1.54, 1.807) is 11.3 Å². The second kappa shape index (κ2) is 5.87. The lowest BCUT2D eigenvalue weighted by Gasteiger charge is -2.33. The smallest absolute Gasteiger partial charge is 0.132 e. The molecule has 0 spiro atoms. The van der Waals surface area contributed by atoms with Gasteiger partial charge in [-0.1, -0.05) is 6.92 Å². The fraction of sp³-hybridized carbons (Fsp3) is 0.533. The first-order chi connectivity index (χ1) is 9.76. The van der Waals surface area contributed by atoms with Gasteiger partial charge in [0.2, 0.25) is 0 Å². The standard InChI is InChI=1S/C15H20N4S/c1-3-13-17-11(2)9-14(18-13)19-7-4-5-12(10-19)15-16-6-8-20-15/h6,8-9,12H,3-5,7,10H2,1-2H3/t12-/m0/s1. The highest BCUT2D eigenvalue weighted by Crippen LogP contribution is 2.30. The van der Waals surface area contributed by atoms with E-state index in [2.05, 4.69) is 38.2 Å². The monoisotopic (exact) mass is 288 g/mol. The number of rotatable bonds is 3. The molecule has 106 valence electrons. The molecular formula is C15H20N4S. The summed E-state index contributed by atoms with van der Waals surface area (Å²) in [6.07, 6.45) is 5.23. The van der Waals surface area contributed by atoms with Gasteiger partial charge in [0.25, 0.3) is 0 Å². The molecule has 0 N–H and O–H groups in total. The molecule has 0 saturated carbocycles. The van der Waals surface area contributed by atoms with Crippen LogP contribution in [0.5, 0.6) is 0 Å². The van der Waals surface area contributed by atoms with Gasteiger partial charge >= 0.3 is 0 Å². The number of anilines is 1.